The first-order valence-electron chi connectivity index (χ1n) is 8.16. The van der Waals surface area contributed by atoms with Crippen molar-refractivity contribution in [2.75, 3.05) is 0 Å². The number of hydrogen-bond acceptors (Lipinski definition) is 0. The van der Waals surface area contributed by atoms with Crippen LogP contribution in [0, 0.1) is 0 Å². The summed E-state index contributed by atoms with van der Waals surface area (Å²) in [5, 5.41) is 2.55. The minimum atomic E-state index is 1.14. The standard InChI is InChI=1S/C24H18/c1-2-18-7-9-20(10-8-18)21-11-13-22(14-12-21)24-16-15-19-5-3-4-6-23(19)17-24/h2-17H,1H2. The topological polar surface area (TPSA) is 0 Å². The van der Waals surface area contributed by atoms with Crippen LogP contribution in [-0.4, -0.2) is 0 Å². The lowest BCUT2D eigenvalue weighted by Crippen LogP contribution is -1.82. The molecule has 0 amide bonds. The highest BCUT2D eigenvalue weighted by atomic mass is 14.1. The summed E-state index contributed by atoms with van der Waals surface area (Å²) in [6.45, 7) is 3.80. The number of fused-ring (bicyclic) bond motifs is 1. The van der Waals surface area contributed by atoms with Gasteiger partial charge in [-0.1, -0.05) is 97.6 Å². The van der Waals surface area contributed by atoms with Crippen LogP contribution in [0.5, 0.6) is 0 Å². The fourth-order valence-corrected chi connectivity index (χ4v) is 3.04. The molecule has 0 aromatic heterocycles. The Morgan fingerprint density at radius 2 is 1.00 bits per heavy atom. The Labute approximate surface area is 142 Å². The summed E-state index contributed by atoms with van der Waals surface area (Å²) in [6, 6.07) is 32.3. The van der Waals surface area contributed by atoms with Gasteiger partial charge in [0.2, 0.25) is 0 Å². The first-order valence-corrected chi connectivity index (χ1v) is 8.16. The minimum absolute atomic E-state index is 1.14. The summed E-state index contributed by atoms with van der Waals surface area (Å²) in [6.07, 6.45) is 1.87. The second-order valence-electron chi connectivity index (χ2n) is 5.97. The van der Waals surface area contributed by atoms with Crippen LogP contribution in [0.15, 0.2) is 97.6 Å². The molecule has 0 heterocycles. The first kappa shape index (κ1) is 14.5. The molecule has 0 nitrogen and oxygen atoms in total. The third-order valence-electron chi connectivity index (χ3n) is 4.45. The average Bonchev–Trinajstić information content (AvgIpc) is 2.68. The normalized spacial score (nSPS) is 10.7. The number of hydrogen-bond donors (Lipinski definition) is 0. The fourth-order valence-electron chi connectivity index (χ4n) is 3.04. The van der Waals surface area contributed by atoms with E-state index in [1.54, 1.807) is 0 Å². The second-order valence-corrected chi connectivity index (χ2v) is 5.97. The minimum Gasteiger partial charge on any atom is -0.0985 e. The van der Waals surface area contributed by atoms with E-state index in [1.807, 2.05) is 6.08 Å². The summed E-state index contributed by atoms with van der Waals surface area (Å²) in [4.78, 5) is 0. The maximum Gasteiger partial charge on any atom is -0.0178 e. The molecule has 0 unspecified atom stereocenters. The van der Waals surface area contributed by atoms with E-state index in [9.17, 15) is 0 Å². The highest BCUT2D eigenvalue weighted by molar-refractivity contribution is 5.87. The third-order valence-corrected chi connectivity index (χ3v) is 4.45. The van der Waals surface area contributed by atoms with Crippen LogP contribution in [0.25, 0.3) is 39.1 Å². The molecule has 114 valence electrons. The Bertz CT molecular complexity index is 990. The Hall–Kier alpha value is -3.12. The van der Waals surface area contributed by atoms with E-state index in [0.29, 0.717) is 0 Å². The van der Waals surface area contributed by atoms with Crippen LogP contribution in [0.2, 0.25) is 0 Å². The highest BCUT2D eigenvalue weighted by Crippen LogP contribution is 2.27. The lowest BCUT2D eigenvalue weighted by molar-refractivity contribution is 1.59. The molecule has 0 bridgehead atoms. The molecule has 4 rings (SSSR count). The Balaban J connectivity index is 1.67. The van der Waals surface area contributed by atoms with E-state index in [-0.39, 0.29) is 0 Å². The second kappa shape index (κ2) is 6.17. The van der Waals surface area contributed by atoms with Gasteiger partial charge in [-0.2, -0.15) is 0 Å². The zero-order chi connectivity index (χ0) is 16.4. The number of benzene rings is 4. The third kappa shape index (κ3) is 2.75. The van der Waals surface area contributed by atoms with Crippen molar-refractivity contribution in [3.8, 4) is 22.3 Å². The van der Waals surface area contributed by atoms with Crippen LogP contribution in [0.3, 0.4) is 0 Å². The van der Waals surface area contributed by atoms with Gasteiger partial charge in [0.25, 0.3) is 0 Å². The SMILES string of the molecule is C=Cc1ccc(-c2ccc(-c3ccc4ccccc4c3)cc2)cc1. The van der Waals surface area contributed by atoms with Gasteiger partial charge in [0, 0.05) is 0 Å². The zero-order valence-electron chi connectivity index (χ0n) is 13.4. The van der Waals surface area contributed by atoms with E-state index in [0.717, 1.165) is 5.56 Å². The summed E-state index contributed by atoms with van der Waals surface area (Å²) in [5.74, 6) is 0. The molecule has 0 saturated heterocycles. The van der Waals surface area contributed by atoms with E-state index in [2.05, 4.69) is 97.6 Å². The van der Waals surface area contributed by atoms with Crippen molar-refractivity contribution >= 4 is 16.8 Å². The van der Waals surface area contributed by atoms with E-state index < -0.39 is 0 Å². The predicted octanol–water partition coefficient (Wildman–Crippen LogP) is 6.82. The molecule has 4 aromatic rings. The summed E-state index contributed by atoms with van der Waals surface area (Å²) in [5.41, 5.74) is 6.10. The lowest BCUT2D eigenvalue weighted by atomic mass is 9.98. The van der Waals surface area contributed by atoms with Gasteiger partial charge in [0.15, 0.2) is 0 Å². The van der Waals surface area contributed by atoms with Crippen LogP contribution in [-0.2, 0) is 0 Å². The van der Waals surface area contributed by atoms with Crippen molar-refractivity contribution < 1.29 is 0 Å². The molecule has 0 fully saturated rings. The van der Waals surface area contributed by atoms with Gasteiger partial charge in [0.05, 0.1) is 0 Å². The predicted molar refractivity (Wildman–Crippen MR) is 105 cm³/mol. The molecule has 0 radical (unpaired) electrons. The summed E-state index contributed by atoms with van der Waals surface area (Å²) < 4.78 is 0. The molecule has 0 spiro atoms. The van der Waals surface area contributed by atoms with E-state index in [4.69, 9.17) is 0 Å². The van der Waals surface area contributed by atoms with Crippen molar-refractivity contribution in [2.45, 2.75) is 0 Å². The molecule has 0 aliphatic carbocycles. The molecule has 0 heteroatoms. The molecule has 0 aliphatic heterocycles. The van der Waals surface area contributed by atoms with Crippen molar-refractivity contribution in [2.24, 2.45) is 0 Å². The summed E-state index contributed by atoms with van der Waals surface area (Å²) >= 11 is 0. The van der Waals surface area contributed by atoms with Crippen LogP contribution in [0.4, 0.5) is 0 Å². The monoisotopic (exact) mass is 306 g/mol. The summed E-state index contributed by atoms with van der Waals surface area (Å²) in [7, 11) is 0. The van der Waals surface area contributed by atoms with Crippen molar-refractivity contribution in [1.82, 2.24) is 0 Å². The van der Waals surface area contributed by atoms with Gasteiger partial charge in [-0.25, -0.2) is 0 Å². The van der Waals surface area contributed by atoms with Gasteiger partial charge >= 0.3 is 0 Å². The molecule has 0 saturated carbocycles. The molecular formula is C24H18. The zero-order valence-corrected chi connectivity index (χ0v) is 13.4. The Morgan fingerprint density at radius 1 is 0.500 bits per heavy atom. The molecular weight excluding hydrogens is 288 g/mol. The van der Waals surface area contributed by atoms with Crippen LogP contribution in [0.1, 0.15) is 5.56 Å². The van der Waals surface area contributed by atoms with Gasteiger partial charge in [-0.05, 0) is 44.7 Å². The van der Waals surface area contributed by atoms with E-state index in [1.165, 1.54) is 33.0 Å². The molecule has 0 N–H and O–H groups in total. The van der Waals surface area contributed by atoms with E-state index >= 15 is 0 Å². The molecule has 4 aromatic carbocycles. The Kier molecular flexibility index (Phi) is 3.72. The van der Waals surface area contributed by atoms with Crippen molar-refractivity contribution in [3.05, 3.63) is 103 Å². The van der Waals surface area contributed by atoms with Gasteiger partial charge in [0.1, 0.15) is 0 Å². The molecule has 0 aliphatic rings. The largest absolute Gasteiger partial charge is 0.0985 e. The quantitative estimate of drug-likeness (QED) is 0.389. The first-order chi connectivity index (χ1) is 11.8. The van der Waals surface area contributed by atoms with Gasteiger partial charge in [-0.3, -0.25) is 0 Å². The molecule has 24 heavy (non-hydrogen) atoms. The van der Waals surface area contributed by atoms with Gasteiger partial charge in [-0.15, -0.1) is 0 Å². The number of rotatable bonds is 3. The fraction of sp³-hybridized carbons (Fsp3) is 0. The molecule has 0 atom stereocenters. The lowest BCUT2D eigenvalue weighted by Gasteiger charge is -2.07. The Morgan fingerprint density at radius 3 is 1.62 bits per heavy atom. The van der Waals surface area contributed by atoms with Crippen molar-refractivity contribution in [3.63, 3.8) is 0 Å². The smallest absolute Gasteiger partial charge is 0.0178 e. The van der Waals surface area contributed by atoms with Gasteiger partial charge < -0.3 is 0 Å². The maximum atomic E-state index is 3.80. The average molecular weight is 306 g/mol. The maximum absolute atomic E-state index is 3.80. The highest BCUT2D eigenvalue weighted by Gasteiger charge is 2.02. The van der Waals surface area contributed by atoms with Crippen LogP contribution >= 0.6 is 0 Å². The van der Waals surface area contributed by atoms with Crippen LogP contribution < -0.4 is 0 Å². The van der Waals surface area contributed by atoms with Crippen molar-refractivity contribution in [1.29, 1.82) is 0 Å².